The van der Waals surface area contributed by atoms with Crippen LogP contribution in [0.25, 0.3) is 11.0 Å². The van der Waals surface area contributed by atoms with Crippen LogP contribution in [0.15, 0.2) is 34.7 Å². The van der Waals surface area contributed by atoms with Gasteiger partial charge in [0.1, 0.15) is 11.3 Å². The Morgan fingerprint density at radius 2 is 1.96 bits per heavy atom. The van der Waals surface area contributed by atoms with E-state index in [1.165, 1.54) is 0 Å². The van der Waals surface area contributed by atoms with Crippen LogP contribution in [0.2, 0.25) is 0 Å². The zero-order valence-electron chi connectivity index (χ0n) is 14.1. The van der Waals surface area contributed by atoms with Crippen molar-refractivity contribution in [2.45, 2.75) is 31.8 Å². The minimum atomic E-state index is -0.210. The maximum absolute atomic E-state index is 12.2. The molecule has 1 unspecified atom stereocenters. The van der Waals surface area contributed by atoms with Crippen LogP contribution in [0.4, 0.5) is 0 Å². The number of nitrogens with one attached hydrogen (secondary N) is 3. The van der Waals surface area contributed by atoms with Gasteiger partial charge in [0, 0.05) is 11.4 Å². The van der Waals surface area contributed by atoms with Crippen LogP contribution in [0.1, 0.15) is 31.6 Å². The summed E-state index contributed by atoms with van der Waals surface area (Å²) in [7, 11) is 1.85. The summed E-state index contributed by atoms with van der Waals surface area (Å²) < 4.78 is 5.77. The third-order valence-corrected chi connectivity index (χ3v) is 4.12. The number of hydrogen-bond acceptors (Lipinski definition) is 3. The first kappa shape index (κ1) is 16.5. The van der Waals surface area contributed by atoms with Crippen molar-refractivity contribution in [1.29, 1.82) is 0 Å². The second-order valence-corrected chi connectivity index (χ2v) is 6.63. The normalized spacial score (nSPS) is 16.6. The number of fused-ring (bicyclic) bond motifs is 1. The summed E-state index contributed by atoms with van der Waals surface area (Å²) in [4.78, 5) is 24.8. The van der Waals surface area contributed by atoms with Gasteiger partial charge in [-0.3, -0.25) is 9.59 Å². The summed E-state index contributed by atoms with van der Waals surface area (Å²) in [6.45, 7) is 2.45. The molecule has 128 valence electrons. The number of likely N-dealkylation sites (N-methyl/N-ethyl adjacent to an activating group) is 1. The molecule has 2 amide bonds. The van der Waals surface area contributed by atoms with Crippen LogP contribution in [-0.2, 0) is 9.59 Å². The van der Waals surface area contributed by atoms with E-state index in [1.54, 1.807) is 0 Å². The Hall–Kier alpha value is -2.34. The summed E-state index contributed by atoms with van der Waals surface area (Å²) in [5.74, 6) is 0.640. The smallest absolute Gasteiger partial charge is 0.275 e. The molecule has 6 nitrogen and oxygen atoms in total. The molecule has 1 aromatic heterocycles. The molecule has 1 aromatic carbocycles. The van der Waals surface area contributed by atoms with Gasteiger partial charge in [-0.15, -0.1) is 0 Å². The molecule has 0 bridgehead atoms. The number of rotatable bonds is 7. The number of carbonyl (C=O) groups is 2. The summed E-state index contributed by atoms with van der Waals surface area (Å²) in [5, 5.41) is 6.88. The van der Waals surface area contributed by atoms with Crippen molar-refractivity contribution in [2.24, 2.45) is 0 Å². The largest absolute Gasteiger partial charge is 0.459 e. The van der Waals surface area contributed by atoms with Gasteiger partial charge in [-0.05, 0) is 31.9 Å². The number of benzene rings is 1. The second kappa shape index (κ2) is 7.05. The highest BCUT2D eigenvalue weighted by molar-refractivity contribution is 5.80. The first-order chi connectivity index (χ1) is 11.5. The number of hydrogen-bond donors (Lipinski definition) is 3. The fourth-order valence-corrected chi connectivity index (χ4v) is 2.70. The lowest BCUT2D eigenvalue weighted by Gasteiger charge is -2.15. The molecule has 24 heavy (non-hydrogen) atoms. The number of furan rings is 1. The summed E-state index contributed by atoms with van der Waals surface area (Å²) in [6.07, 6.45) is 2.14. The van der Waals surface area contributed by atoms with E-state index in [1.807, 2.05) is 44.3 Å². The first-order valence-corrected chi connectivity index (χ1v) is 8.40. The van der Waals surface area contributed by atoms with Crippen LogP contribution < -0.4 is 15.5 Å². The van der Waals surface area contributed by atoms with Crippen molar-refractivity contribution in [2.75, 3.05) is 20.1 Å². The molecule has 0 aliphatic heterocycles. The highest BCUT2D eigenvalue weighted by atomic mass is 16.3. The van der Waals surface area contributed by atoms with Gasteiger partial charge in [0.25, 0.3) is 11.8 Å². The van der Waals surface area contributed by atoms with Crippen molar-refractivity contribution in [3.63, 3.8) is 0 Å². The highest BCUT2D eigenvalue weighted by Crippen LogP contribution is 2.23. The lowest BCUT2D eigenvalue weighted by molar-refractivity contribution is -0.862. The van der Waals surface area contributed by atoms with Crippen molar-refractivity contribution in [3.05, 3.63) is 36.1 Å². The second-order valence-electron chi connectivity index (χ2n) is 6.63. The van der Waals surface area contributed by atoms with Gasteiger partial charge in [0.05, 0.1) is 13.1 Å². The number of amides is 2. The van der Waals surface area contributed by atoms with Crippen molar-refractivity contribution in [3.8, 4) is 0 Å². The van der Waals surface area contributed by atoms with E-state index in [9.17, 15) is 9.59 Å². The molecular weight excluding hydrogens is 306 g/mol. The zero-order valence-corrected chi connectivity index (χ0v) is 14.1. The van der Waals surface area contributed by atoms with E-state index in [-0.39, 0.29) is 24.4 Å². The topological polar surface area (TPSA) is 75.8 Å². The molecule has 0 saturated heterocycles. The van der Waals surface area contributed by atoms with Crippen LogP contribution in [0.3, 0.4) is 0 Å². The van der Waals surface area contributed by atoms with Crippen molar-refractivity contribution in [1.82, 2.24) is 10.6 Å². The fraction of sp³-hybridized carbons (Fsp3) is 0.444. The number of para-hydroxylation sites is 1. The molecule has 1 heterocycles. The third-order valence-electron chi connectivity index (χ3n) is 4.12. The van der Waals surface area contributed by atoms with Crippen molar-refractivity contribution >= 4 is 22.8 Å². The highest BCUT2D eigenvalue weighted by Gasteiger charge is 2.25. The molecule has 3 N–H and O–H groups in total. The van der Waals surface area contributed by atoms with E-state index in [0.717, 1.165) is 34.5 Å². The molecular formula is C18H24N3O3+. The molecule has 2 aromatic rings. The fourth-order valence-electron chi connectivity index (χ4n) is 2.70. The van der Waals surface area contributed by atoms with Crippen molar-refractivity contribution < 1.29 is 18.9 Å². The Morgan fingerprint density at radius 1 is 1.25 bits per heavy atom. The number of carbonyl (C=O) groups excluding carboxylic acids is 2. The van der Waals surface area contributed by atoms with Gasteiger partial charge in [-0.1, -0.05) is 18.2 Å². The molecule has 0 radical (unpaired) electrons. The van der Waals surface area contributed by atoms with Crippen LogP contribution in [0, 0.1) is 0 Å². The van der Waals surface area contributed by atoms with Gasteiger partial charge >= 0.3 is 0 Å². The molecule has 6 heteroatoms. The lowest BCUT2D eigenvalue weighted by Crippen LogP contribution is -3.11. The molecule has 1 saturated carbocycles. The minimum Gasteiger partial charge on any atom is -0.459 e. The Balaban J connectivity index is 1.48. The maximum atomic E-state index is 12.2. The Labute approximate surface area is 141 Å². The molecule has 3 rings (SSSR count). The Morgan fingerprint density at radius 3 is 2.67 bits per heavy atom. The Bertz CT molecular complexity index is 703. The minimum absolute atomic E-state index is 0.00753. The molecule has 2 atom stereocenters. The SMILES string of the molecule is C[C@@H](NC(=O)C[NH+](C)CC(=O)NC1CC1)c1cc2ccccc2o1. The predicted molar refractivity (Wildman–Crippen MR) is 90.6 cm³/mol. The average Bonchev–Trinajstić information content (AvgIpc) is 3.21. The first-order valence-electron chi connectivity index (χ1n) is 8.40. The summed E-state index contributed by atoms with van der Waals surface area (Å²) in [6, 6.07) is 9.85. The van der Waals surface area contributed by atoms with Crippen LogP contribution >= 0.6 is 0 Å². The van der Waals surface area contributed by atoms with Crippen LogP contribution in [0.5, 0.6) is 0 Å². The van der Waals surface area contributed by atoms with E-state index < -0.39 is 0 Å². The number of quaternary nitrogens is 1. The monoisotopic (exact) mass is 330 g/mol. The Kier molecular flexibility index (Phi) is 4.85. The molecule has 1 fully saturated rings. The standard InChI is InChI=1S/C18H23N3O3/c1-12(16-9-13-5-3-4-6-15(13)24-16)19-17(22)10-21(2)11-18(23)20-14-7-8-14/h3-6,9,12,14H,7-8,10-11H2,1-2H3,(H,19,22)(H,20,23)/p+1/t12-/m1/s1. The predicted octanol–water partition coefficient (Wildman–Crippen LogP) is 0.403. The van der Waals surface area contributed by atoms with Gasteiger partial charge in [-0.25, -0.2) is 0 Å². The molecule has 0 spiro atoms. The zero-order chi connectivity index (χ0) is 17.1. The quantitative estimate of drug-likeness (QED) is 0.688. The summed E-state index contributed by atoms with van der Waals surface area (Å²) in [5.41, 5.74) is 0.813. The van der Waals surface area contributed by atoms with Gasteiger partial charge in [0.15, 0.2) is 13.1 Å². The van der Waals surface area contributed by atoms with Gasteiger partial charge in [0.2, 0.25) is 0 Å². The van der Waals surface area contributed by atoms with Crippen LogP contribution in [-0.4, -0.2) is 38.0 Å². The lowest BCUT2D eigenvalue weighted by atomic mass is 10.2. The van der Waals surface area contributed by atoms with Gasteiger partial charge in [-0.2, -0.15) is 0 Å². The summed E-state index contributed by atoms with van der Waals surface area (Å²) >= 11 is 0. The average molecular weight is 330 g/mol. The maximum Gasteiger partial charge on any atom is 0.275 e. The van der Waals surface area contributed by atoms with E-state index in [4.69, 9.17) is 4.42 Å². The van der Waals surface area contributed by atoms with E-state index in [0.29, 0.717) is 12.6 Å². The van der Waals surface area contributed by atoms with E-state index in [2.05, 4.69) is 10.6 Å². The van der Waals surface area contributed by atoms with Gasteiger partial charge < -0.3 is 20.0 Å². The molecule has 1 aliphatic carbocycles. The third kappa shape index (κ3) is 4.35. The molecule has 1 aliphatic rings. The van der Waals surface area contributed by atoms with E-state index >= 15 is 0 Å².